The second-order valence-electron chi connectivity index (χ2n) is 4.58. The average molecular weight is 337 g/mol. The lowest BCUT2D eigenvalue weighted by molar-refractivity contribution is -0.269. The van der Waals surface area contributed by atoms with Crippen LogP contribution in [0.2, 0.25) is 5.02 Å². The molecule has 1 heterocycles. The van der Waals surface area contributed by atoms with E-state index < -0.39 is 23.8 Å². The van der Waals surface area contributed by atoms with E-state index in [1.807, 2.05) is 0 Å². The number of anilines is 1. The number of carbonyl (C=O) groups excluding carboxylic acids is 2. The SMILES string of the molecule is CCCO[C@]1(C(F)(F)F)NC(=O)N(c2cccc(Cl)c2)C1=O. The van der Waals surface area contributed by atoms with Crippen molar-refractivity contribution < 1.29 is 27.5 Å². The number of amides is 3. The van der Waals surface area contributed by atoms with Gasteiger partial charge in [0.25, 0.3) is 5.91 Å². The summed E-state index contributed by atoms with van der Waals surface area (Å²) in [7, 11) is 0. The lowest BCUT2D eigenvalue weighted by Crippen LogP contribution is -2.60. The van der Waals surface area contributed by atoms with Crippen molar-refractivity contribution in [2.75, 3.05) is 11.5 Å². The predicted molar refractivity (Wildman–Crippen MR) is 72.5 cm³/mol. The molecule has 1 aromatic rings. The standard InChI is InChI=1S/C13H12ClF3N2O3/c1-2-6-22-12(13(15,16)17)10(20)19(11(21)18-12)9-5-3-4-8(14)7-9/h3-5,7H,2,6H2,1H3,(H,18,21)/t12-/m1/s1. The number of urea groups is 1. The van der Waals surface area contributed by atoms with Crippen molar-refractivity contribution in [1.82, 2.24) is 5.32 Å². The fourth-order valence-electron chi connectivity index (χ4n) is 1.99. The Morgan fingerprint density at radius 3 is 2.59 bits per heavy atom. The van der Waals surface area contributed by atoms with E-state index in [4.69, 9.17) is 11.6 Å². The van der Waals surface area contributed by atoms with Crippen LogP contribution in [0.5, 0.6) is 0 Å². The van der Waals surface area contributed by atoms with E-state index in [1.54, 1.807) is 12.2 Å². The minimum atomic E-state index is -5.10. The lowest BCUT2D eigenvalue weighted by atomic mass is 10.2. The second-order valence-corrected chi connectivity index (χ2v) is 5.01. The molecule has 1 aromatic carbocycles. The van der Waals surface area contributed by atoms with Gasteiger partial charge in [0.2, 0.25) is 0 Å². The molecule has 22 heavy (non-hydrogen) atoms. The third kappa shape index (κ3) is 2.64. The molecular formula is C13H12ClF3N2O3. The molecule has 1 atom stereocenters. The quantitative estimate of drug-likeness (QED) is 0.860. The molecule has 2 rings (SSSR count). The van der Waals surface area contributed by atoms with Gasteiger partial charge in [0.05, 0.1) is 12.3 Å². The van der Waals surface area contributed by atoms with Crippen LogP contribution < -0.4 is 10.2 Å². The van der Waals surface area contributed by atoms with Gasteiger partial charge in [-0.25, -0.2) is 9.69 Å². The van der Waals surface area contributed by atoms with Gasteiger partial charge in [-0.15, -0.1) is 0 Å². The van der Waals surface area contributed by atoms with Crippen LogP contribution in [-0.4, -0.2) is 30.4 Å². The van der Waals surface area contributed by atoms with Gasteiger partial charge in [-0.2, -0.15) is 13.2 Å². The summed E-state index contributed by atoms with van der Waals surface area (Å²) in [5.41, 5.74) is -3.44. The molecule has 1 aliphatic heterocycles. The summed E-state index contributed by atoms with van der Waals surface area (Å²) in [6.45, 7) is 1.25. The van der Waals surface area contributed by atoms with Crippen LogP contribution in [0.3, 0.4) is 0 Å². The van der Waals surface area contributed by atoms with E-state index in [-0.39, 0.29) is 23.7 Å². The number of halogens is 4. The van der Waals surface area contributed by atoms with Crippen molar-refractivity contribution in [3.63, 3.8) is 0 Å². The molecule has 120 valence electrons. The van der Waals surface area contributed by atoms with Crippen molar-refractivity contribution in [3.8, 4) is 0 Å². The minimum Gasteiger partial charge on any atom is -0.340 e. The van der Waals surface area contributed by atoms with Crippen molar-refractivity contribution in [3.05, 3.63) is 29.3 Å². The first-order valence-corrected chi connectivity index (χ1v) is 6.73. The Bertz CT molecular complexity index is 608. The molecule has 0 aliphatic carbocycles. The van der Waals surface area contributed by atoms with E-state index in [1.165, 1.54) is 24.3 Å². The van der Waals surface area contributed by atoms with Gasteiger partial charge in [0, 0.05) is 5.02 Å². The highest BCUT2D eigenvalue weighted by Crippen LogP contribution is 2.38. The number of nitrogens with zero attached hydrogens (tertiary/aromatic N) is 1. The monoisotopic (exact) mass is 336 g/mol. The Balaban J connectivity index is 2.45. The van der Waals surface area contributed by atoms with Crippen LogP contribution in [0.25, 0.3) is 0 Å². The zero-order chi connectivity index (χ0) is 16.5. The number of rotatable bonds is 4. The van der Waals surface area contributed by atoms with Gasteiger partial charge in [-0.1, -0.05) is 24.6 Å². The predicted octanol–water partition coefficient (Wildman–Crippen LogP) is 3.08. The molecule has 1 saturated heterocycles. The average Bonchev–Trinajstić information content (AvgIpc) is 2.68. The van der Waals surface area contributed by atoms with E-state index >= 15 is 0 Å². The number of nitrogens with one attached hydrogen (secondary N) is 1. The molecule has 1 fully saturated rings. The number of hydrogen-bond acceptors (Lipinski definition) is 3. The fourth-order valence-corrected chi connectivity index (χ4v) is 2.17. The van der Waals surface area contributed by atoms with Gasteiger partial charge in [-0.05, 0) is 24.6 Å². The Labute approximate surface area is 129 Å². The normalized spacial score (nSPS) is 22.1. The van der Waals surface area contributed by atoms with E-state index in [0.717, 1.165) is 0 Å². The molecule has 5 nitrogen and oxygen atoms in total. The van der Waals surface area contributed by atoms with Gasteiger partial charge >= 0.3 is 17.9 Å². The lowest BCUT2D eigenvalue weighted by Gasteiger charge is -2.28. The second kappa shape index (κ2) is 5.77. The van der Waals surface area contributed by atoms with E-state index in [9.17, 15) is 22.8 Å². The first-order valence-electron chi connectivity index (χ1n) is 6.36. The Hall–Kier alpha value is -1.80. The van der Waals surface area contributed by atoms with Crippen LogP contribution in [0.15, 0.2) is 24.3 Å². The summed E-state index contributed by atoms with van der Waals surface area (Å²) in [4.78, 5) is 24.5. The topological polar surface area (TPSA) is 58.6 Å². The summed E-state index contributed by atoms with van der Waals surface area (Å²) in [5, 5.41) is 1.78. The molecule has 3 amide bonds. The van der Waals surface area contributed by atoms with E-state index in [0.29, 0.717) is 4.90 Å². The van der Waals surface area contributed by atoms with Gasteiger partial charge < -0.3 is 4.74 Å². The number of ether oxygens (including phenoxy) is 1. The third-order valence-corrected chi connectivity index (χ3v) is 3.21. The summed E-state index contributed by atoms with van der Waals surface area (Å²) in [6, 6.07) is 4.18. The van der Waals surface area contributed by atoms with Crippen LogP contribution >= 0.6 is 11.6 Å². The Morgan fingerprint density at radius 1 is 1.36 bits per heavy atom. The summed E-state index contributed by atoms with van der Waals surface area (Å²) < 4.78 is 44.6. The number of hydrogen-bond donors (Lipinski definition) is 1. The Kier molecular flexibility index (Phi) is 4.35. The molecule has 1 N–H and O–H groups in total. The molecular weight excluding hydrogens is 325 g/mol. The van der Waals surface area contributed by atoms with Crippen molar-refractivity contribution in [2.24, 2.45) is 0 Å². The highest BCUT2D eigenvalue weighted by atomic mass is 35.5. The highest BCUT2D eigenvalue weighted by molar-refractivity contribution is 6.31. The van der Waals surface area contributed by atoms with Crippen molar-refractivity contribution in [1.29, 1.82) is 0 Å². The molecule has 1 aliphatic rings. The first kappa shape index (κ1) is 16.6. The largest absolute Gasteiger partial charge is 0.446 e. The molecule has 0 spiro atoms. The summed E-state index contributed by atoms with van der Waals surface area (Å²) in [5.74, 6) is -1.54. The minimum absolute atomic E-state index is 0.0683. The molecule has 0 radical (unpaired) electrons. The maximum atomic E-state index is 13.3. The van der Waals surface area contributed by atoms with Crippen LogP contribution in [0.1, 0.15) is 13.3 Å². The first-order chi connectivity index (χ1) is 10.2. The zero-order valence-corrected chi connectivity index (χ0v) is 12.2. The van der Waals surface area contributed by atoms with Crippen LogP contribution in [0.4, 0.5) is 23.7 Å². The van der Waals surface area contributed by atoms with Crippen molar-refractivity contribution in [2.45, 2.75) is 25.2 Å². The van der Waals surface area contributed by atoms with Crippen molar-refractivity contribution >= 4 is 29.2 Å². The number of alkyl halides is 3. The summed E-state index contributed by atoms with van der Waals surface area (Å²) >= 11 is 5.74. The maximum Gasteiger partial charge on any atom is 0.446 e. The number of carbonyl (C=O) groups is 2. The molecule has 0 saturated carbocycles. The molecule has 0 bridgehead atoms. The number of benzene rings is 1. The van der Waals surface area contributed by atoms with Gasteiger partial charge in [-0.3, -0.25) is 10.1 Å². The van der Waals surface area contributed by atoms with E-state index in [2.05, 4.69) is 4.74 Å². The van der Waals surface area contributed by atoms with Gasteiger partial charge in [0.1, 0.15) is 0 Å². The third-order valence-electron chi connectivity index (χ3n) is 2.98. The molecule has 9 heteroatoms. The smallest absolute Gasteiger partial charge is 0.340 e. The van der Waals surface area contributed by atoms with Gasteiger partial charge in [0.15, 0.2) is 0 Å². The molecule has 0 aromatic heterocycles. The highest BCUT2D eigenvalue weighted by Gasteiger charge is 2.69. The summed E-state index contributed by atoms with van der Waals surface area (Å²) in [6.07, 6.45) is -4.85. The Morgan fingerprint density at radius 2 is 2.05 bits per heavy atom. The van der Waals surface area contributed by atoms with Crippen LogP contribution in [0, 0.1) is 0 Å². The van der Waals surface area contributed by atoms with Crippen LogP contribution in [-0.2, 0) is 9.53 Å². The number of imide groups is 1. The maximum absolute atomic E-state index is 13.3. The zero-order valence-electron chi connectivity index (χ0n) is 11.4. The molecule has 0 unspecified atom stereocenters. The fraction of sp³-hybridized carbons (Fsp3) is 0.385.